The van der Waals surface area contributed by atoms with Crippen LogP contribution in [0.2, 0.25) is 0 Å². The highest BCUT2D eigenvalue weighted by atomic mass is 16.5. The second kappa shape index (κ2) is 8.79. The zero-order valence-corrected chi connectivity index (χ0v) is 11.3. The van der Waals surface area contributed by atoms with E-state index in [4.69, 9.17) is 4.74 Å². The van der Waals surface area contributed by atoms with Crippen molar-refractivity contribution in [2.75, 3.05) is 0 Å². The molecule has 2 atom stereocenters. The molecule has 0 spiro atoms. The van der Waals surface area contributed by atoms with Gasteiger partial charge in [0.1, 0.15) is 6.04 Å². The van der Waals surface area contributed by atoms with Gasteiger partial charge in [0.15, 0.2) is 0 Å². The molecule has 0 amide bonds. The fourth-order valence-corrected chi connectivity index (χ4v) is 1.40. The fraction of sp³-hybridized carbons (Fsp3) is 0.692. The van der Waals surface area contributed by atoms with Crippen molar-refractivity contribution >= 4 is 12.7 Å². The van der Waals surface area contributed by atoms with Crippen LogP contribution in [0, 0.1) is 5.92 Å². The van der Waals surface area contributed by atoms with Crippen LogP contribution in [0.25, 0.3) is 0 Å². The van der Waals surface area contributed by atoms with E-state index in [-0.39, 0.29) is 18.0 Å². The molecule has 0 aliphatic rings. The summed E-state index contributed by atoms with van der Waals surface area (Å²) in [5, 5.41) is 3.55. The third-order valence-electron chi connectivity index (χ3n) is 2.44. The van der Waals surface area contributed by atoms with Gasteiger partial charge in [-0.2, -0.15) is 5.10 Å². The first-order valence-electron chi connectivity index (χ1n) is 6.05. The summed E-state index contributed by atoms with van der Waals surface area (Å²) in [5.41, 5.74) is 2.68. The van der Waals surface area contributed by atoms with Gasteiger partial charge >= 0.3 is 5.97 Å². The molecule has 1 N–H and O–H groups in total. The predicted octanol–water partition coefficient (Wildman–Crippen LogP) is 2.50. The first-order chi connectivity index (χ1) is 8.02. The van der Waals surface area contributed by atoms with Gasteiger partial charge in [0.2, 0.25) is 0 Å². The second-order valence-corrected chi connectivity index (χ2v) is 4.40. The van der Waals surface area contributed by atoms with Gasteiger partial charge in [-0.15, -0.1) is 0 Å². The van der Waals surface area contributed by atoms with Crippen molar-refractivity contribution in [3.05, 3.63) is 12.2 Å². The lowest BCUT2D eigenvalue weighted by molar-refractivity contribution is -0.152. The SMILES string of the molecule is C=NN[C@H](C(=O)OC(C)CC/C=C/C)C(C)C. The van der Waals surface area contributed by atoms with E-state index in [2.05, 4.69) is 23.3 Å². The molecule has 0 aromatic carbocycles. The van der Waals surface area contributed by atoms with Gasteiger partial charge in [0.25, 0.3) is 0 Å². The Morgan fingerprint density at radius 3 is 2.59 bits per heavy atom. The molecule has 0 aromatic rings. The first-order valence-corrected chi connectivity index (χ1v) is 6.05. The maximum atomic E-state index is 11.8. The molecule has 0 saturated carbocycles. The summed E-state index contributed by atoms with van der Waals surface area (Å²) in [6.45, 7) is 11.1. The number of nitrogens with one attached hydrogen (secondary N) is 1. The summed E-state index contributed by atoms with van der Waals surface area (Å²) in [7, 11) is 0. The molecular weight excluding hydrogens is 216 g/mol. The normalized spacial score (nSPS) is 14.6. The number of ether oxygens (including phenoxy) is 1. The van der Waals surface area contributed by atoms with Crippen LogP contribution in [-0.4, -0.2) is 24.8 Å². The van der Waals surface area contributed by atoms with Gasteiger partial charge in [0.05, 0.1) is 6.10 Å². The van der Waals surface area contributed by atoms with E-state index in [0.717, 1.165) is 12.8 Å². The van der Waals surface area contributed by atoms with E-state index in [1.165, 1.54) is 0 Å². The highest BCUT2D eigenvalue weighted by Gasteiger charge is 2.24. The number of esters is 1. The van der Waals surface area contributed by atoms with E-state index >= 15 is 0 Å². The standard InChI is InChI=1S/C13H24N2O2/c1-6-7-8-9-11(4)17-13(16)12(10(2)3)15-14-5/h6-7,10-12,15H,5,8-9H2,1-4H3/b7-6+/t11?,12-/m0/s1. The molecule has 0 rings (SSSR count). The summed E-state index contributed by atoms with van der Waals surface area (Å²) in [6.07, 6.45) is 5.74. The molecule has 17 heavy (non-hydrogen) atoms. The molecule has 98 valence electrons. The van der Waals surface area contributed by atoms with E-state index in [1.807, 2.05) is 33.8 Å². The third kappa shape index (κ3) is 6.76. The Kier molecular flexibility index (Phi) is 8.11. The van der Waals surface area contributed by atoms with Gasteiger partial charge in [-0.3, -0.25) is 5.43 Å². The Morgan fingerprint density at radius 1 is 1.47 bits per heavy atom. The third-order valence-corrected chi connectivity index (χ3v) is 2.44. The van der Waals surface area contributed by atoms with Gasteiger partial charge in [-0.1, -0.05) is 26.0 Å². The Balaban J connectivity index is 4.15. The van der Waals surface area contributed by atoms with Crippen LogP contribution >= 0.6 is 0 Å². The quantitative estimate of drug-likeness (QED) is 0.307. The topological polar surface area (TPSA) is 50.7 Å². The Hall–Kier alpha value is -1.32. The molecule has 0 aliphatic carbocycles. The van der Waals surface area contributed by atoms with Crippen LogP contribution in [-0.2, 0) is 9.53 Å². The molecular formula is C13H24N2O2. The summed E-state index contributed by atoms with van der Waals surface area (Å²) >= 11 is 0. The number of hydrazone groups is 1. The van der Waals surface area contributed by atoms with E-state index < -0.39 is 6.04 Å². The predicted molar refractivity (Wildman–Crippen MR) is 70.9 cm³/mol. The molecule has 4 heteroatoms. The molecule has 1 unspecified atom stereocenters. The second-order valence-electron chi connectivity index (χ2n) is 4.40. The summed E-state index contributed by atoms with van der Waals surface area (Å²) in [5.74, 6) is -0.142. The highest BCUT2D eigenvalue weighted by Crippen LogP contribution is 2.09. The van der Waals surface area contributed by atoms with E-state index in [0.29, 0.717) is 0 Å². The molecule has 0 radical (unpaired) electrons. The number of hydrogen-bond acceptors (Lipinski definition) is 4. The monoisotopic (exact) mass is 240 g/mol. The molecule has 0 heterocycles. The lowest BCUT2D eigenvalue weighted by atomic mass is 10.1. The van der Waals surface area contributed by atoms with Crippen molar-refractivity contribution in [2.45, 2.75) is 52.7 Å². The van der Waals surface area contributed by atoms with Crippen LogP contribution in [0.4, 0.5) is 0 Å². The molecule has 0 aromatic heterocycles. The Labute approximate surface area is 104 Å². The van der Waals surface area contributed by atoms with Crippen LogP contribution in [0.5, 0.6) is 0 Å². The molecule has 4 nitrogen and oxygen atoms in total. The molecule has 0 bridgehead atoms. The number of nitrogens with zero attached hydrogens (tertiary/aromatic N) is 1. The zero-order chi connectivity index (χ0) is 13.3. The van der Waals surface area contributed by atoms with Crippen molar-refractivity contribution < 1.29 is 9.53 Å². The lowest BCUT2D eigenvalue weighted by Crippen LogP contribution is -2.40. The number of carbonyl (C=O) groups excluding carboxylic acids is 1. The minimum atomic E-state index is -0.420. The lowest BCUT2D eigenvalue weighted by Gasteiger charge is -2.21. The number of rotatable bonds is 8. The van der Waals surface area contributed by atoms with Crippen LogP contribution in [0.1, 0.15) is 40.5 Å². The number of carbonyl (C=O) groups is 1. The maximum Gasteiger partial charge on any atom is 0.330 e. The summed E-state index contributed by atoms with van der Waals surface area (Å²) < 4.78 is 5.35. The first kappa shape index (κ1) is 15.7. The number of hydrogen-bond donors (Lipinski definition) is 1. The Morgan fingerprint density at radius 2 is 2.12 bits per heavy atom. The van der Waals surface area contributed by atoms with Gasteiger partial charge < -0.3 is 4.74 Å². The molecule has 0 aliphatic heterocycles. The maximum absolute atomic E-state index is 11.8. The minimum Gasteiger partial charge on any atom is -0.461 e. The molecule has 0 saturated heterocycles. The number of allylic oxidation sites excluding steroid dienone is 2. The van der Waals surface area contributed by atoms with E-state index in [9.17, 15) is 4.79 Å². The average molecular weight is 240 g/mol. The van der Waals surface area contributed by atoms with Crippen molar-refractivity contribution in [1.29, 1.82) is 0 Å². The summed E-state index contributed by atoms with van der Waals surface area (Å²) in [6, 6.07) is -0.420. The van der Waals surface area contributed by atoms with Crippen molar-refractivity contribution in [1.82, 2.24) is 5.43 Å². The van der Waals surface area contributed by atoms with Crippen molar-refractivity contribution in [3.8, 4) is 0 Å². The smallest absolute Gasteiger partial charge is 0.330 e. The summed E-state index contributed by atoms with van der Waals surface area (Å²) in [4.78, 5) is 11.8. The van der Waals surface area contributed by atoms with Gasteiger partial charge in [-0.05, 0) is 32.6 Å². The average Bonchev–Trinajstić information content (AvgIpc) is 2.25. The van der Waals surface area contributed by atoms with Crippen molar-refractivity contribution in [3.63, 3.8) is 0 Å². The van der Waals surface area contributed by atoms with Gasteiger partial charge in [-0.25, -0.2) is 4.79 Å². The van der Waals surface area contributed by atoms with E-state index in [1.54, 1.807) is 0 Å². The fourth-order valence-electron chi connectivity index (χ4n) is 1.40. The minimum absolute atomic E-state index is 0.0773. The highest BCUT2D eigenvalue weighted by molar-refractivity contribution is 5.76. The van der Waals surface area contributed by atoms with Crippen molar-refractivity contribution in [2.24, 2.45) is 11.0 Å². The van der Waals surface area contributed by atoms with Crippen LogP contribution < -0.4 is 5.43 Å². The largest absolute Gasteiger partial charge is 0.461 e. The van der Waals surface area contributed by atoms with Gasteiger partial charge in [0, 0.05) is 6.72 Å². The molecule has 0 fully saturated rings. The zero-order valence-electron chi connectivity index (χ0n) is 11.3. The van der Waals surface area contributed by atoms with Crippen LogP contribution in [0.15, 0.2) is 17.3 Å². The van der Waals surface area contributed by atoms with Crippen LogP contribution in [0.3, 0.4) is 0 Å². The Bertz CT molecular complexity index is 262.